The molecule has 1 aliphatic heterocycles. The van der Waals surface area contributed by atoms with Gasteiger partial charge in [0.1, 0.15) is 5.82 Å². The third kappa shape index (κ3) is 4.41. The van der Waals surface area contributed by atoms with Crippen LogP contribution < -0.4 is 10.0 Å². The maximum Gasteiger partial charge on any atom is 0.209 e. The maximum absolute atomic E-state index is 13.4. The van der Waals surface area contributed by atoms with Crippen molar-refractivity contribution in [3.05, 3.63) is 59.9 Å². The van der Waals surface area contributed by atoms with Crippen LogP contribution in [-0.2, 0) is 16.4 Å². The minimum Gasteiger partial charge on any atom is -0.312 e. The Kier molecular flexibility index (Phi) is 4.99. The largest absolute Gasteiger partial charge is 0.312 e. The molecule has 128 valence electrons. The normalized spacial score (nSPS) is 21.1. The molecule has 2 aromatic rings. The number of sulfonamides is 1. The molecule has 0 saturated carbocycles. The highest BCUT2D eigenvalue weighted by Crippen LogP contribution is 2.23. The molecule has 2 N–H and O–H groups in total. The van der Waals surface area contributed by atoms with Gasteiger partial charge in [-0.1, -0.05) is 36.4 Å². The molecule has 3 rings (SSSR count). The molecule has 1 aliphatic rings. The molecule has 0 bridgehead atoms. The van der Waals surface area contributed by atoms with Crippen molar-refractivity contribution in [2.24, 2.45) is 0 Å². The SMILES string of the molecule is CS(=O)(=O)N[C@H]1CCN[C@H]1Cc1cccc(-c2cccc(F)c2)c1. The Labute approximate surface area is 142 Å². The van der Waals surface area contributed by atoms with Gasteiger partial charge in [0.15, 0.2) is 0 Å². The number of hydrogen-bond donors (Lipinski definition) is 2. The fourth-order valence-corrected chi connectivity index (χ4v) is 4.03. The van der Waals surface area contributed by atoms with Gasteiger partial charge in [0, 0.05) is 12.1 Å². The molecule has 0 unspecified atom stereocenters. The van der Waals surface area contributed by atoms with Crippen LogP contribution in [0.1, 0.15) is 12.0 Å². The van der Waals surface area contributed by atoms with Gasteiger partial charge in [-0.25, -0.2) is 17.5 Å². The Morgan fingerprint density at radius 3 is 2.58 bits per heavy atom. The van der Waals surface area contributed by atoms with Crippen LogP contribution in [-0.4, -0.2) is 33.3 Å². The number of rotatable bonds is 5. The van der Waals surface area contributed by atoms with Crippen LogP contribution in [0.4, 0.5) is 4.39 Å². The van der Waals surface area contributed by atoms with E-state index in [1.54, 1.807) is 6.07 Å². The first kappa shape index (κ1) is 17.1. The van der Waals surface area contributed by atoms with Gasteiger partial charge in [-0.05, 0) is 48.2 Å². The van der Waals surface area contributed by atoms with Gasteiger partial charge in [-0.2, -0.15) is 0 Å². The molecule has 0 radical (unpaired) electrons. The quantitative estimate of drug-likeness (QED) is 0.872. The van der Waals surface area contributed by atoms with Crippen LogP contribution in [0.2, 0.25) is 0 Å². The van der Waals surface area contributed by atoms with Gasteiger partial charge in [0.05, 0.1) is 6.26 Å². The van der Waals surface area contributed by atoms with Gasteiger partial charge < -0.3 is 5.32 Å². The van der Waals surface area contributed by atoms with Crippen LogP contribution in [0.15, 0.2) is 48.5 Å². The first-order valence-electron chi connectivity index (χ1n) is 7.96. The van der Waals surface area contributed by atoms with Crippen molar-refractivity contribution in [1.82, 2.24) is 10.0 Å². The summed E-state index contributed by atoms with van der Waals surface area (Å²) in [5, 5.41) is 3.36. The summed E-state index contributed by atoms with van der Waals surface area (Å²) in [6.45, 7) is 0.793. The van der Waals surface area contributed by atoms with Gasteiger partial charge in [0.2, 0.25) is 10.0 Å². The third-order valence-electron chi connectivity index (χ3n) is 4.25. The van der Waals surface area contributed by atoms with Crippen molar-refractivity contribution in [1.29, 1.82) is 0 Å². The van der Waals surface area contributed by atoms with E-state index in [-0.39, 0.29) is 17.9 Å². The average molecular weight is 348 g/mol. The molecule has 6 heteroatoms. The van der Waals surface area contributed by atoms with Crippen molar-refractivity contribution >= 4 is 10.0 Å². The predicted molar refractivity (Wildman–Crippen MR) is 93.7 cm³/mol. The lowest BCUT2D eigenvalue weighted by Gasteiger charge is -2.20. The zero-order chi connectivity index (χ0) is 17.2. The molecule has 24 heavy (non-hydrogen) atoms. The molecule has 2 atom stereocenters. The molecular weight excluding hydrogens is 327 g/mol. The van der Waals surface area contributed by atoms with Crippen molar-refractivity contribution in [2.45, 2.75) is 24.9 Å². The van der Waals surface area contributed by atoms with Gasteiger partial charge in [-0.15, -0.1) is 0 Å². The molecule has 0 aliphatic carbocycles. The van der Waals surface area contributed by atoms with Crippen molar-refractivity contribution in [3.63, 3.8) is 0 Å². The highest BCUT2D eigenvalue weighted by Gasteiger charge is 2.29. The van der Waals surface area contributed by atoms with Gasteiger partial charge in [0.25, 0.3) is 0 Å². The highest BCUT2D eigenvalue weighted by atomic mass is 32.2. The van der Waals surface area contributed by atoms with E-state index in [1.165, 1.54) is 18.4 Å². The minimum atomic E-state index is -3.22. The summed E-state index contributed by atoms with van der Waals surface area (Å²) in [6, 6.07) is 14.4. The van der Waals surface area contributed by atoms with Crippen LogP contribution in [0.5, 0.6) is 0 Å². The summed E-state index contributed by atoms with van der Waals surface area (Å²) in [4.78, 5) is 0. The number of halogens is 1. The lowest BCUT2D eigenvalue weighted by atomic mass is 9.97. The summed E-state index contributed by atoms with van der Waals surface area (Å²) < 4.78 is 39.1. The highest BCUT2D eigenvalue weighted by molar-refractivity contribution is 7.88. The fourth-order valence-electron chi connectivity index (χ4n) is 3.20. The van der Waals surface area contributed by atoms with Crippen LogP contribution in [0.25, 0.3) is 11.1 Å². The van der Waals surface area contributed by atoms with Crippen molar-refractivity contribution in [2.75, 3.05) is 12.8 Å². The number of nitrogens with one attached hydrogen (secondary N) is 2. The molecule has 4 nitrogen and oxygen atoms in total. The minimum absolute atomic E-state index is 0.0579. The summed E-state index contributed by atoms with van der Waals surface area (Å²) in [5.41, 5.74) is 2.89. The Balaban J connectivity index is 1.77. The first-order chi connectivity index (χ1) is 11.4. The Morgan fingerprint density at radius 1 is 1.17 bits per heavy atom. The number of benzene rings is 2. The van der Waals surface area contributed by atoms with E-state index in [1.807, 2.05) is 30.3 Å². The summed E-state index contributed by atoms with van der Waals surface area (Å²) in [6.07, 6.45) is 2.69. The third-order valence-corrected chi connectivity index (χ3v) is 4.98. The maximum atomic E-state index is 13.4. The molecule has 1 fully saturated rings. The predicted octanol–water partition coefficient (Wildman–Crippen LogP) is 2.31. The molecular formula is C18H21FN2O2S. The topological polar surface area (TPSA) is 58.2 Å². The van der Waals surface area contributed by atoms with E-state index in [9.17, 15) is 12.8 Å². The average Bonchev–Trinajstić information content (AvgIpc) is 2.92. The fraction of sp³-hybridized carbons (Fsp3) is 0.333. The van der Waals surface area contributed by atoms with Gasteiger partial charge in [-0.3, -0.25) is 0 Å². The Morgan fingerprint density at radius 2 is 1.88 bits per heavy atom. The van der Waals surface area contributed by atoms with Crippen molar-refractivity contribution in [3.8, 4) is 11.1 Å². The Hall–Kier alpha value is -1.76. The molecule has 2 aromatic carbocycles. The molecule has 0 spiro atoms. The Bertz CT molecular complexity index is 823. The lowest BCUT2D eigenvalue weighted by molar-refractivity contribution is 0.494. The van der Waals surface area contributed by atoms with E-state index < -0.39 is 10.0 Å². The zero-order valence-corrected chi connectivity index (χ0v) is 14.3. The second kappa shape index (κ2) is 7.01. The zero-order valence-electron chi connectivity index (χ0n) is 13.5. The summed E-state index contributed by atoms with van der Waals surface area (Å²) >= 11 is 0. The van der Waals surface area contributed by atoms with E-state index in [2.05, 4.69) is 10.0 Å². The number of hydrogen-bond acceptors (Lipinski definition) is 3. The standard InChI is InChI=1S/C18H21FN2O2S/c1-24(22,23)21-17-8-9-20-18(17)11-13-4-2-5-14(10-13)15-6-3-7-16(19)12-15/h2-7,10,12,17-18,20-21H,8-9,11H2,1H3/t17-,18-/m0/s1. The van der Waals surface area contributed by atoms with E-state index in [0.717, 1.165) is 36.1 Å². The van der Waals surface area contributed by atoms with Crippen LogP contribution >= 0.6 is 0 Å². The molecule has 0 aromatic heterocycles. The molecule has 1 saturated heterocycles. The first-order valence-corrected chi connectivity index (χ1v) is 9.85. The van der Waals surface area contributed by atoms with Crippen LogP contribution in [0.3, 0.4) is 0 Å². The van der Waals surface area contributed by atoms with E-state index in [0.29, 0.717) is 0 Å². The smallest absolute Gasteiger partial charge is 0.209 e. The van der Waals surface area contributed by atoms with Gasteiger partial charge >= 0.3 is 0 Å². The van der Waals surface area contributed by atoms with E-state index in [4.69, 9.17) is 0 Å². The second-order valence-corrected chi connectivity index (χ2v) is 8.04. The lowest BCUT2D eigenvalue weighted by Crippen LogP contribution is -2.44. The van der Waals surface area contributed by atoms with Crippen LogP contribution in [0, 0.1) is 5.82 Å². The van der Waals surface area contributed by atoms with Crippen molar-refractivity contribution < 1.29 is 12.8 Å². The monoisotopic (exact) mass is 348 g/mol. The molecule has 0 amide bonds. The molecule has 1 heterocycles. The summed E-state index contributed by atoms with van der Waals surface area (Å²) in [5.74, 6) is -0.257. The second-order valence-electron chi connectivity index (χ2n) is 6.26. The summed E-state index contributed by atoms with van der Waals surface area (Å²) in [7, 11) is -3.22. The van der Waals surface area contributed by atoms with E-state index >= 15 is 0 Å².